The predicted octanol–water partition coefficient (Wildman–Crippen LogP) is 4.04. The van der Waals surface area contributed by atoms with Gasteiger partial charge in [-0.3, -0.25) is 9.69 Å². The van der Waals surface area contributed by atoms with E-state index in [2.05, 4.69) is 36.5 Å². The molecule has 0 atom stereocenters. The van der Waals surface area contributed by atoms with E-state index in [-0.39, 0.29) is 5.91 Å². The average Bonchev–Trinajstić information content (AvgIpc) is 2.55. The van der Waals surface area contributed by atoms with E-state index < -0.39 is 0 Å². The Morgan fingerprint density at radius 1 is 1.13 bits per heavy atom. The van der Waals surface area contributed by atoms with Gasteiger partial charge in [0.1, 0.15) is 0 Å². The zero-order chi connectivity index (χ0) is 16.7. The van der Waals surface area contributed by atoms with Crippen molar-refractivity contribution >= 4 is 23.4 Å². The van der Waals surface area contributed by atoms with Crippen molar-refractivity contribution in [2.75, 3.05) is 25.2 Å². The summed E-state index contributed by atoms with van der Waals surface area (Å²) in [5.74, 6) is 0.0101. The predicted molar refractivity (Wildman–Crippen MR) is 99.0 cm³/mol. The molecule has 0 spiro atoms. The second-order valence-corrected chi connectivity index (χ2v) is 6.50. The van der Waals surface area contributed by atoms with Crippen LogP contribution in [0.3, 0.4) is 0 Å². The number of amides is 1. The maximum atomic E-state index is 12.2. The summed E-state index contributed by atoms with van der Waals surface area (Å²) in [7, 11) is 1.96. The summed E-state index contributed by atoms with van der Waals surface area (Å²) in [6, 6.07) is 16.5. The molecule has 0 radical (unpaired) electrons. The molecule has 4 heteroatoms. The van der Waals surface area contributed by atoms with E-state index in [1.807, 2.05) is 42.5 Å². The lowest BCUT2D eigenvalue weighted by Gasteiger charge is -2.16. The highest BCUT2D eigenvalue weighted by molar-refractivity contribution is 7.98. The van der Waals surface area contributed by atoms with Gasteiger partial charge < -0.3 is 5.32 Å². The Labute approximate surface area is 143 Å². The van der Waals surface area contributed by atoms with Crippen LogP contribution >= 0.6 is 11.8 Å². The fourth-order valence-electron chi connectivity index (χ4n) is 2.39. The van der Waals surface area contributed by atoms with Crippen molar-refractivity contribution < 1.29 is 4.79 Å². The lowest BCUT2D eigenvalue weighted by atomic mass is 10.1. The minimum absolute atomic E-state index is 0.0101. The van der Waals surface area contributed by atoms with Crippen LogP contribution in [0.15, 0.2) is 53.4 Å². The van der Waals surface area contributed by atoms with Gasteiger partial charge >= 0.3 is 0 Å². The molecule has 3 nitrogen and oxygen atoms in total. The van der Waals surface area contributed by atoms with Gasteiger partial charge in [0.25, 0.3) is 0 Å². The SMILES string of the molecule is CCc1ccc(CN(C)CC(=O)Nc2cccc(SC)c2)cc1. The quantitative estimate of drug-likeness (QED) is 0.779. The molecule has 0 aromatic heterocycles. The lowest BCUT2D eigenvalue weighted by Crippen LogP contribution is -2.29. The molecular formula is C19H24N2OS. The average molecular weight is 328 g/mol. The lowest BCUT2D eigenvalue weighted by molar-refractivity contribution is -0.117. The van der Waals surface area contributed by atoms with Gasteiger partial charge in [-0.15, -0.1) is 11.8 Å². The Morgan fingerprint density at radius 3 is 2.48 bits per heavy atom. The molecule has 1 amide bonds. The summed E-state index contributed by atoms with van der Waals surface area (Å²) in [5, 5.41) is 2.96. The normalized spacial score (nSPS) is 10.8. The van der Waals surface area contributed by atoms with E-state index in [4.69, 9.17) is 0 Å². The summed E-state index contributed by atoms with van der Waals surface area (Å²) in [4.78, 5) is 15.3. The molecule has 0 fully saturated rings. The van der Waals surface area contributed by atoms with Gasteiger partial charge in [0.05, 0.1) is 6.54 Å². The molecule has 0 saturated heterocycles. The number of benzene rings is 2. The Hall–Kier alpha value is -1.78. The zero-order valence-electron chi connectivity index (χ0n) is 14.0. The van der Waals surface area contributed by atoms with Crippen molar-refractivity contribution in [1.29, 1.82) is 0 Å². The molecule has 122 valence electrons. The highest BCUT2D eigenvalue weighted by atomic mass is 32.2. The Balaban J connectivity index is 1.86. The van der Waals surface area contributed by atoms with Crippen LogP contribution in [0, 0.1) is 0 Å². The Kier molecular flexibility index (Phi) is 6.68. The number of hydrogen-bond donors (Lipinski definition) is 1. The van der Waals surface area contributed by atoms with Crippen molar-refractivity contribution in [3.8, 4) is 0 Å². The van der Waals surface area contributed by atoms with Gasteiger partial charge in [-0.25, -0.2) is 0 Å². The van der Waals surface area contributed by atoms with Crippen LogP contribution in [0.5, 0.6) is 0 Å². The Bertz CT molecular complexity index is 640. The van der Waals surface area contributed by atoms with E-state index in [9.17, 15) is 4.79 Å². The molecule has 2 rings (SSSR count). The summed E-state index contributed by atoms with van der Waals surface area (Å²) < 4.78 is 0. The van der Waals surface area contributed by atoms with Gasteiger partial charge in [0.2, 0.25) is 5.91 Å². The summed E-state index contributed by atoms with van der Waals surface area (Å²) in [5.41, 5.74) is 3.41. The molecular weight excluding hydrogens is 304 g/mol. The van der Waals surface area contributed by atoms with Crippen LogP contribution in [0.25, 0.3) is 0 Å². The molecule has 0 unspecified atom stereocenters. The van der Waals surface area contributed by atoms with Crippen molar-refractivity contribution in [3.05, 3.63) is 59.7 Å². The summed E-state index contributed by atoms with van der Waals surface area (Å²) >= 11 is 1.67. The minimum atomic E-state index is 0.0101. The first-order valence-corrected chi connectivity index (χ1v) is 9.03. The number of thioether (sulfide) groups is 1. The second kappa shape index (κ2) is 8.75. The summed E-state index contributed by atoms with van der Waals surface area (Å²) in [6.07, 6.45) is 3.08. The highest BCUT2D eigenvalue weighted by Gasteiger charge is 2.08. The third-order valence-corrected chi connectivity index (χ3v) is 4.38. The second-order valence-electron chi connectivity index (χ2n) is 5.62. The molecule has 0 aliphatic heterocycles. The number of carbonyl (C=O) groups excluding carboxylic acids is 1. The first kappa shape index (κ1) is 17.6. The zero-order valence-corrected chi connectivity index (χ0v) is 14.8. The third kappa shape index (κ3) is 5.73. The largest absolute Gasteiger partial charge is 0.325 e. The van der Waals surface area contributed by atoms with Crippen LogP contribution < -0.4 is 5.32 Å². The first-order valence-electron chi connectivity index (χ1n) is 7.81. The van der Waals surface area contributed by atoms with Gasteiger partial charge in [0.15, 0.2) is 0 Å². The van der Waals surface area contributed by atoms with E-state index in [1.165, 1.54) is 11.1 Å². The number of nitrogens with one attached hydrogen (secondary N) is 1. The third-order valence-electron chi connectivity index (χ3n) is 3.65. The van der Waals surface area contributed by atoms with Gasteiger partial charge in [-0.2, -0.15) is 0 Å². The maximum absolute atomic E-state index is 12.2. The Morgan fingerprint density at radius 2 is 1.83 bits per heavy atom. The van der Waals surface area contributed by atoms with Crippen molar-refractivity contribution in [1.82, 2.24) is 4.90 Å². The van der Waals surface area contributed by atoms with Crippen LogP contribution in [-0.2, 0) is 17.8 Å². The molecule has 0 heterocycles. The number of aryl methyl sites for hydroxylation is 1. The van der Waals surface area contributed by atoms with Gasteiger partial charge in [-0.1, -0.05) is 37.3 Å². The van der Waals surface area contributed by atoms with Crippen molar-refractivity contribution in [2.45, 2.75) is 24.8 Å². The number of hydrogen-bond acceptors (Lipinski definition) is 3. The van der Waals surface area contributed by atoms with Crippen molar-refractivity contribution in [3.63, 3.8) is 0 Å². The van der Waals surface area contributed by atoms with E-state index in [0.717, 1.165) is 23.5 Å². The molecule has 2 aromatic carbocycles. The fourth-order valence-corrected chi connectivity index (χ4v) is 2.85. The first-order chi connectivity index (χ1) is 11.1. The van der Waals surface area contributed by atoms with Crippen molar-refractivity contribution in [2.24, 2.45) is 0 Å². The van der Waals surface area contributed by atoms with E-state index in [1.54, 1.807) is 11.8 Å². The van der Waals surface area contributed by atoms with Crippen LogP contribution in [0.2, 0.25) is 0 Å². The molecule has 1 N–H and O–H groups in total. The molecule has 0 bridgehead atoms. The topological polar surface area (TPSA) is 32.3 Å². The number of rotatable bonds is 7. The number of nitrogens with zero attached hydrogens (tertiary/aromatic N) is 1. The van der Waals surface area contributed by atoms with Gasteiger partial charge in [-0.05, 0) is 49.1 Å². The number of anilines is 1. The molecule has 23 heavy (non-hydrogen) atoms. The molecule has 0 aliphatic rings. The summed E-state index contributed by atoms with van der Waals surface area (Å²) in [6.45, 7) is 3.29. The van der Waals surface area contributed by atoms with Crippen LogP contribution in [-0.4, -0.2) is 30.7 Å². The van der Waals surface area contributed by atoms with Crippen LogP contribution in [0.4, 0.5) is 5.69 Å². The maximum Gasteiger partial charge on any atom is 0.238 e. The number of likely N-dealkylation sites (N-methyl/N-ethyl adjacent to an activating group) is 1. The van der Waals surface area contributed by atoms with E-state index >= 15 is 0 Å². The molecule has 0 aliphatic carbocycles. The van der Waals surface area contributed by atoms with Crippen LogP contribution in [0.1, 0.15) is 18.1 Å². The molecule has 0 saturated carbocycles. The fraction of sp³-hybridized carbons (Fsp3) is 0.316. The van der Waals surface area contributed by atoms with E-state index in [0.29, 0.717) is 6.54 Å². The smallest absolute Gasteiger partial charge is 0.238 e. The highest BCUT2D eigenvalue weighted by Crippen LogP contribution is 2.18. The minimum Gasteiger partial charge on any atom is -0.325 e. The van der Waals surface area contributed by atoms with Gasteiger partial charge in [0, 0.05) is 17.1 Å². The standard InChI is InChI=1S/C19H24N2OS/c1-4-15-8-10-16(11-9-15)13-21(2)14-19(22)20-17-6-5-7-18(12-17)23-3/h5-12H,4,13-14H2,1-3H3,(H,20,22). The number of carbonyl (C=O) groups is 1. The molecule has 2 aromatic rings. The monoisotopic (exact) mass is 328 g/mol.